The first-order chi connectivity index (χ1) is 9.63. The summed E-state index contributed by atoms with van der Waals surface area (Å²) in [5.74, 6) is 1.25. The Labute approximate surface area is 121 Å². The lowest BCUT2D eigenvalue weighted by Gasteiger charge is -2.11. The fraction of sp³-hybridized carbons (Fsp3) is 0.600. The zero-order valence-corrected chi connectivity index (χ0v) is 12.6. The number of pyridine rings is 1. The first-order valence-corrected chi connectivity index (χ1v) is 7.21. The number of ether oxygens (including phenoxy) is 1. The van der Waals surface area contributed by atoms with Gasteiger partial charge in [0.2, 0.25) is 5.88 Å². The lowest BCUT2D eigenvalue weighted by atomic mass is 10.1. The van der Waals surface area contributed by atoms with Gasteiger partial charge in [0.1, 0.15) is 0 Å². The van der Waals surface area contributed by atoms with Crippen LogP contribution in [0.3, 0.4) is 0 Å². The van der Waals surface area contributed by atoms with E-state index in [1.54, 1.807) is 6.20 Å². The molecule has 0 aliphatic heterocycles. The zero-order valence-electron chi connectivity index (χ0n) is 12.6. The van der Waals surface area contributed by atoms with E-state index < -0.39 is 0 Å². The van der Waals surface area contributed by atoms with Crippen LogP contribution in [0, 0.1) is 5.92 Å². The van der Waals surface area contributed by atoms with Gasteiger partial charge in [0.25, 0.3) is 0 Å². The van der Waals surface area contributed by atoms with Crippen LogP contribution in [0.15, 0.2) is 18.3 Å². The molecule has 1 rings (SSSR count). The van der Waals surface area contributed by atoms with Gasteiger partial charge in [-0.1, -0.05) is 19.9 Å². The van der Waals surface area contributed by atoms with Crippen molar-refractivity contribution in [3.05, 3.63) is 23.9 Å². The molecule has 0 aliphatic rings. The van der Waals surface area contributed by atoms with Crippen LogP contribution in [0.5, 0.6) is 5.88 Å². The van der Waals surface area contributed by atoms with Crippen LogP contribution in [0.1, 0.15) is 39.2 Å². The molecule has 5 heteroatoms. The van der Waals surface area contributed by atoms with Crippen molar-refractivity contribution in [2.75, 3.05) is 13.2 Å². The number of nitrogens with one attached hydrogen (secondary N) is 2. The second-order valence-electron chi connectivity index (χ2n) is 5.05. The van der Waals surface area contributed by atoms with Crippen molar-refractivity contribution in [2.24, 2.45) is 5.92 Å². The summed E-state index contributed by atoms with van der Waals surface area (Å²) in [7, 11) is 0. The fourth-order valence-corrected chi connectivity index (χ4v) is 1.78. The van der Waals surface area contributed by atoms with Gasteiger partial charge in [0.15, 0.2) is 0 Å². The van der Waals surface area contributed by atoms with Crippen molar-refractivity contribution in [3.8, 4) is 5.88 Å². The summed E-state index contributed by atoms with van der Waals surface area (Å²) >= 11 is 0. The monoisotopic (exact) mass is 279 g/mol. The number of rotatable bonds is 8. The Hall–Kier alpha value is -1.78. The molecule has 0 unspecified atom stereocenters. The molecule has 0 saturated heterocycles. The van der Waals surface area contributed by atoms with Crippen LogP contribution in [0.25, 0.3) is 0 Å². The fourth-order valence-electron chi connectivity index (χ4n) is 1.78. The van der Waals surface area contributed by atoms with Gasteiger partial charge in [-0.05, 0) is 31.7 Å². The van der Waals surface area contributed by atoms with Gasteiger partial charge in [0, 0.05) is 24.8 Å². The number of aromatic nitrogens is 1. The van der Waals surface area contributed by atoms with Gasteiger partial charge in [-0.25, -0.2) is 9.78 Å². The van der Waals surface area contributed by atoms with Crippen LogP contribution in [-0.2, 0) is 6.54 Å². The molecule has 0 radical (unpaired) electrons. The number of urea groups is 1. The van der Waals surface area contributed by atoms with E-state index in [1.807, 2.05) is 19.1 Å². The van der Waals surface area contributed by atoms with Gasteiger partial charge in [0.05, 0.1) is 6.61 Å². The second-order valence-corrected chi connectivity index (χ2v) is 5.05. The summed E-state index contributed by atoms with van der Waals surface area (Å²) < 4.78 is 5.41. The average Bonchev–Trinajstić information content (AvgIpc) is 2.43. The Kier molecular flexibility index (Phi) is 7.47. The Bertz CT molecular complexity index is 408. The smallest absolute Gasteiger partial charge is 0.315 e. The van der Waals surface area contributed by atoms with Crippen molar-refractivity contribution < 1.29 is 9.53 Å². The van der Waals surface area contributed by atoms with Gasteiger partial charge in [-0.2, -0.15) is 0 Å². The Balaban J connectivity index is 2.30. The van der Waals surface area contributed by atoms with Crippen molar-refractivity contribution >= 4 is 6.03 Å². The van der Waals surface area contributed by atoms with E-state index in [1.165, 1.54) is 0 Å². The number of carbonyl (C=O) groups is 1. The Morgan fingerprint density at radius 2 is 2.20 bits per heavy atom. The molecule has 0 bridgehead atoms. The molecule has 0 atom stereocenters. The quantitative estimate of drug-likeness (QED) is 0.719. The minimum Gasteiger partial charge on any atom is -0.478 e. The molecule has 5 nitrogen and oxygen atoms in total. The third-order valence-corrected chi connectivity index (χ3v) is 2.81. The zero-order chi connectivity index (χ0) is 14.8. The van der Waals surface area contributed by atoms with E-state index in [-0.39, 0.29) is 6.03 Å². The van der Waals surface area contributed by atoms with Crippen LogP contribution < -0.4 is 15.4 Å². The molecule has 0 aliphatic carbocycles. The third kappa shape index (κ3) is 6.41. The molecule has 0 spiro atoms. The maximum atomic E-state index is 11.6. The SMILES string of the molecule is CCOc1ncccc1CNC(=O)NCCCC(C)C. The first-order valence-electron chi connectivity index (χ1n) is 7.21. The summed E-state index contributed by atoms with van der Waals surface area (Å²) in [6, 6.07) is 3.58. The minimum atomic E-state index is -0.153. The van der Waals surface area contributed by atoms with Crippen molar-refractivity contribution in [3.63, 3.8) is 0 Å². The van der Waals surface area contributed by atoms with Crippen LogP contribution in [0.4, 0.5) is 4.79 Å². The molecular formula is C15H25N3O2. The van der Waals surface area contributed by atoms with Crippen LogP contribution in [-0.4, -0.2) is 24.2 Å². The standard InChI is InChI=1S/C15H25N3O2/c1-4-20-14-13(8-6-9-16-14)11-18-15(19)17-10-5-7-12(2)3/h6,8-9,12H,4-5,7,10-11H2,1-3H3,(H2,17,18,19). The summed E-state index contributed by atoms with van der Waals surface area (Å²) in [6.45, 7) is 7.95. The van der Waals surface area contributed by atoms with E-state index in [4.69, 9.17) is 4.74 Å². The molecular weight excluding hydrogens is 254 g/mol. The van der Waals surface area contributed by atoms with E-state index in [0.717, 1.165) is 18.4 Å². The highest BCUT2D eigenvalue weighted by atomic mass is 16.5. The maximum absolute atomic E-state index is 11.6. The average molecular weight is 279 g/mol. The normalized spacial score (nSPS) is 10.4. The highest BCUT2D eigenvalue weighted by Crippen LogP contribution is 2.13. The Morgan fingerprint density at radius 3 is 2.90 bits per heavy atom. The third-order valence-electron chi connectivity index (χ3n) is 2.81. The van der Waals surface area contributed by atoms with E-state index in [9.17, 15) is 4.79 Å². The molecule has 1 aromatic heterocycles. The number of hydrogen-bond donors (Lipinski definition) is 2. The molecule has 0 fully saturated rings. The largest absolute Gasteiger partial charge is 0.478 e. The first kappa shape index (κ1) is 16.3. The summed E-state index contributed by atoms with van der Waals surface area (Å²) in [6.07, 6.45) is 3.81. The predicted octanol–water partition coefficient (Wildman–Crippen LogP) is 2.72. The van der Waals surface area contributed by atoms with Gasteiger partial charge in [-0.3, -0.25) is 0 Å². The van der Waals surface area contributed by atoms with Crippen molar-refractivity contribution in [2.45, 2.75) is 40.2 Å². The maximum Gasteiger partial charge on any atom is 0.315 e. The molecule has 0 aromatic carbocycles. The minimum absolute atomic E-state index is 0.153. The number of nitrogens with zero attached hydrogens (tertiary/aromatic N) is 1. The number of carbonyl (C=O) groups excluding carboxylic acids is 1. The summed E-state index contributed by atoms with van der Waals surface area (Å²) in [5, 5.41) is 5.66. The molecule has 112 valence electrons. The van der Waals surface area contributed by atoms with Gasteiger partial charge < -0.3 is 15.4 Å². The Morgan fingerprint density at radius 1 is 1.40 bits per heavy atom. The lowest BCUT2D eigenvalue weighted by Crippen LogP contribution is -2.35. The number of amides is 2. The summed E-state index contributed by atoms with van der Waals surface area (Å²) in [4.78, 5) is 15.8. The molecule has 20 heavy (non-hydrogen) atoms. The van der Waals surface area contributed by atoms with Crippen LogP contribution >= 0.6 is 0 Å². The summed E-state index contributed by atoms with van der Waals surface area (Å²) in [5.41, 5.74) is 0.881. The lowest BCUT2D eigenvalue weighted by molar-refractivity contribution is 0.240. The topological polar surface area (TPSA) is 63.2 Å². The van der Waals surface area contributed by atoms with E-state index in [0.29, 0.717) is 31.5 Å². The van der Waals surface area contributed by atoms with Crippen molar-refractivity contribution in [1.29, 1.82) is 0 Å². The molecule has 0 saturated carbocycles. The van der Waals surface area contributed by atoms with Gasteiger partial charge >= 0.3 is 6.03 Å². The van der Waals surface area contributed by atoms with E-state index in [2.05, 4.69) is 29.5 Å². The van der Waals surface area contributed by atoms with E-state index >= 15 is 0 Å². The van der Waals surface area contributed by atoms with Gasteiger partial charge in [-0.15, -0.1) is 0 Å². The van der Waals surface area contributed by atoms with Crippen LogP contribution in [0.2, 0.25) is 0 Å². The highest BCUT2D eigenvalue weighted by Gasteiger charge is 2.06. The van der Waals surface area contributed by atoms with Crippen molar-refractivity contribution in [1.82, 2.24) is 15.6 Å². The second kappa shape index (κ2) is 9.18. The molecule has 1 heterocycles. The number of hydrogen-bond acceptors (Lipinski definition) is 3. The molecule has 1 aromatic rings. The predicted molar refractivity (Wildman–Crippen MR) is 79.7 cm³/mol. The molecule has 2 amide bonds. The molecule has 2 N–H and O–H groups in total. The highest BCUT2D eigenvalue weighted by molar-refractivity contribution is 5.73.